The zero-order chi connectivity index (χ0) is 24.9. The quantitative estimate of drug-likeness (QED) is 0.572. The molecular formula is C24H21F3N2O5. The number of benzene rings is 2. The van der Waals surface area contributed by atoms with Gasteiger partial charge in [0.05, 0.1) is 13.0 Å². The standard InChI is InChI=1S/C24H21F3N2O5/c1-2-11-29(13-21(30)31)22(32)20(12-24(25,26)27)28-23(33)34-14-19-17-9-5-3-7-15(17)16-8-4-6-10-18(16)19/h1,3-10,19-20H,11-14H2,(H,28,33)(H,30,31). The van der Waals surface area contributed by atoms with Gasteiger partial charge < -0.3 is 20.1 Å². The summed E-state index contributed by atoms with van der Waals surface area (Å²) in [4.78, 5) is 36.5. The molecule has 0 bridgehead atoms. The fraction of sp³-hybridized carbons (Fsp3) is 0.292. The van der Waals surface area contributed by atoms with Crippen LogP contribution < -0.4 is 5.32 Å². The number of carbonyl (C=O) groups excluding carboxylic acids is 2. The van der Waals surface area contributed by atoms with Crippen molar-refractivity contribution < 1.29 is 37.4 Å². The summed E-state index contributed by atoms with van der Waals surface area (Å²) in [5.74, 6) is -1.05. The van der Waals surface area contributed by atoms with Crippen LogP contribution in [0.5, 0.6) is 0 Å². The number of alkyl carbamates (subject to hydrolysis) is 1. The minimum atomic E-state index is -4.82. The van der Waals surface area contributed by atoms with Crippen molar-refractivity contribution >= 4 is 18.0 Å². The molecule has 2 N–H and O–H groups in total. The number of carbonyl (C=O) groups is 3. The second-order valence-electron chi connectivity index (χ2n) is 7.63. The molecule has 178 valence electrons. The van der Waals surface area contributed by atoms with Crippen LogP contribution in [0.2, 0.25) is 0 Å². The molecule has 0 fully saturated rings. The van der Waals surface area contributed by atoms with Crippen LogP contribution in [0.25, 0.3) is 11.1 Å². The fourth-order valence-corrected chi connectivity index (χ4v) is 3.92. The van der Waals surface area contributed by atoms with Crippen molar-refractivity contribution in [2.75, 3.05) is 19.7 Å². The Balaban J connectivity index is 1.73. The van der Waals surface area contributed by atoms with Gasteiger partial charge in [0.2, 0.25) is 5.91 Å². The molecule has 0 spiro atoms. The molecule has 2 aromatic rings. The number of amides is 2. The van der Waals surface area contributed by atoms with Crippen molar-refractivity contribution in [3.63, 3.8) is 0 Å². The molecule has 34 heavy (non-hydrogen) atoms. The summed E-state index contributed by atoms with van der Waals surface area (Å²) in [6, 6.07) is 12.9. The summed E-state index contributed by atoms with van der Waals surface area (Å²) in [5.41, 5.74) is 3.74. The highest BCUT2D eigenvalue weighted by atomic mass is 19.4. The van der Waals surface area contributed by atoms with Gasteiger partial charge in [-0.15, -0.1) is 6.42 Å². The van der Waals surface area contributed by atoms with Gasteiger partial charge in [-0.2, -0.15) is 13.2 Å². The Morgan fingerprint density at radius 2 is 1.65 bits per heavy atom. The van der Waals surface area contributed by atoms with Crippen LogP contribution in [-0.4, -0.2) is 59.9 Å². The lowest BCUT2D eigenvalue weighted by Crippen LogP contribution is -2.51. The largest absolute Gasteiger partial charge is 0.480 e. The Labute approximate surface area is 193 Å². The predicted molar refractivity (Wildman–Crippen MR) is 116 cm³/mol. The van der Waals surface area contributed by atoms with Gasteiger partial charge in [0, 0.05) is 5.92 Å². The van der Waals surface area contributed by atoms with Gasteiger partial charge in [-0.3, -0.25) is 9.59 Å². The number of hydrogen-bond donors (Lipinski definition) is 2. The van der Waals surface area contributed by atoms with E-state index in [0.717, 1.165) is 22.3 Å². The molecule has 1 aliphatic rings. The summed E-state index contributed by atoms with van der Waals surface area (Å²) in [5, 5.41) is 10.8. The molecule has 1 aliphatic carbocycles. The molecule has 10 heteroatoms. The minimum Gasteiger partial charge on any atom is -0.480 e. The lowest BCUT2D eigenvalue weighted by molar-refractivity contribution is -0.155. The smallest absolute Gasteiger partial charge is 0.407 e. The van der Waals surface area contributed by atoms with E-state index in [2.05, 4.69) is 0 Å². The van der Waals surface area contributed by atoms with Gasteiger partial charge in [0.15, 0.2) is 0 Å². The zero-order valence-corrected chi connectivity index (χ0v) is 17.8. The van der Waals surface area contributed by atoms with Gasteiger partial charge in [-0.25, -0.2) is 4.79 Å². The van der Waals surface area contributed by atoms with Crippen LogP contribution in [-0.2, 0) is 14.3 Å². The van der Waals surface area contributed by atoms with Crippen molar-refractivity contribution in [1.82, 2.24) is 10.2 Å². The number of nitrogens with zero attached hydrogens (tertiary/aromatic N) is 1. The third-order valence-corrected chi connectivity index (χ3v) is 5.29. The number of hydrogen-bond acceptors (Lipinski definition) is 4. The average molecular weight is 474 g/mol. The van der Waals surface area contributed by atoms with Gasteiger partial charge in [-0.05, 0) is 22.3 Å². The van der Waals surface area contributed by atoms with E-state index in [4.69, 9.17) is 16.3 Å². The summed E-state index contributed by atoms with van der Waals surface area (Å²) in [7, 11) is 0. The number of carboxylic acids is 1. The lowest BCUT2D eigenvalue weighted by Gasteiger charge is -2.26. The number of terminal acetylenes is 1. The van der Waals surface area contributed by atoms with E-state index in [1.807, 2.05) is 59.8 Å². The molecule has 3 rings (SSSR count). The predicted octanol–water partition coefficient (Wildman–Crippen LogP) is 3.39. The lowest BCUT2D eigenvalue weighted by atomic mass is 9.98. The topological polar surface area (TPSA) is 95.9 Å². The highest BCUT2D eigenvalue weighted by Crippen LogP contribution is 2.44. The second kappa shape index (κ2) is 10.3. The summed E-state index contributed by atoms with van der Waals surface area (Å²) >= 11 is 0. The fourth-order valence-electron chi connectivity index (χ4n) is 3.92. The van der Waals surface area contributed by atoms with E-state index in [9.17, 15) is 27.6 Å². The van der Waals surface area contributed by atoms with Gasteiger partial charge in [0.25, 0.3) is 0 Å². The SMILES string of the molecule is C#CCN(CC(=O)O)C(=O)C(CC(F)(F)F)NC(=O)OCC1c2ccccc2-c2ccccc21. The van der Waals surface area contributed by atoms with Gasteiger partial charge in [0.1, 0.15) is 19.2 Å². The molecule has 0 radical (unpaired) electrons. The van der Waals surface area contributed by atoms with Crippen molar-refractivity contribution in [2.45, 2.75) is 24.6 Å². The summed E-state index contributed by atoms with van der Waals surface area (Å²) in [6.45, 7) is -1.62. The Bertz CT molecular complexity index is 1080. The maximum Gasteiger partial charge on any atom is 0.407 e. The second-order valence-corrected chi connectivity index (χ2v) is 7.63. The highest BCUT2D eigenvalue weighted by Gasteiger charge is 2.39. The van der Waals surface area contributed by atoms with E-state index in [1.165, 1.54) is 0 Å². The van der Waals surface area contributed by atoms with E-state index in [0.29, 0.717) is 4.90 Å². The van der Waals surface area contributed by atoms with Crippen LogP contribution in [0, 0.1) is 12.3 Å². The molecule has 0 saturated heterocycles. The molecule has 0 saturated carbocycles. The van der Waals surface area contributed by atoms with E-state index < -0.39 is 49.7 Å². The minimum absolute atomic E-state index is 0.171. The number of alkyl halides is 3. The summed E-state index contributed by atoms with van der Waals surface area (Å²) < 4.78 is 44.4. The number of rotatable bonds is 8. The Morgan fingerprint density at radius 1 is 1.09 bits per heavy atom. The molecule has 2 amide bonds. The molecule has 0 aliphatic heterocycles. The van der Waals surface area contributed by atoms with Crippen LogP contribution in [0.3, 0.4) is 0 Å². The number of ether oxygens (including phenoxy) is 1. The first kappa shape index (κ1) is 24.6. The summed E-state index contributed by atoms with van der Waals surface area (Å²) in [6.07, 6.45) is -2.67. The van der Waals surface area contributed by atoms with Crippen molar-refractivity contribution in [3.05, 3.63) is 59.7 Å². The zero-order valence-electron chi connectivity index (χ0n) is 17.8. The van der Waals surface area contributed by atoms with Crippen LogP contribution >= 0.6 is 0 Å². The van der Waals surface area contributed by atoms with Crippen molar-refractivity contribution in [1.29, 1.82) is 0 Å². The molecular weight excluding hydrogens is 453 g/mol. The van der Waals surface area contributed by atoms with Crippen LogP contribution in [0.1, 0.15) is 23.5 Å². The molecule has 1 unspecified atom stereocenters. The first-order valence-corrected chi connectivity index (χ1v) is 10.2. The average Bonchev–Trinajstić information content (AvgIpc) is 3.09. The normalized spacial score (nSPS) is 13.2. The third kappa shape index (κ3) is 5.86. The molecule has 0 aromatic heterocycles. The third-order valence-electron chi connectivity index (χ3n) is 5.29. The van der Waals surface area contributed by atoms with Crippen molar-refractivity contribution in [3.8, 4) is 23.5 Å². The van der Waals surface area contributed by atoms with E-state index in [1.54, 1.807) is 0 Å². The van der Waals surface area contributed by atoms with Gasteiger partial charge in [-0.1, -0.05) is 54.5 Å². The number of aliphatic carboxylic acids is 1. The molecule has 0 heterocycles. The first-order chi connectivity index (χ1) is 16.1. The van der Waals surface area contributed by atoms with Crippen molar-refractivity contribution in [2.24, 2.45) is 0 Å². The Hall–Kier alpha value is -4.00. The maximum atomic E-state index is 13.1. The molecule has 7 nitrogen and oxygen atoms in total. The Kier molecular flexibility index (Phi) is 7.46. The van der Waals surface area contributed by atoms with Gasteiger partial charge >= 0.3 is 18.2 Å². The number of fused-ring (bicyclic) bond motifs is 3. The van der Waals surface area contributed by atoms with E-state index >= 15 is 0 Å². The number of nitrogens with one attached hydrogen (secondary N) is 1. The van der Waals surface area contributed by atoms with Crippen LogP contribution in [0.4, 0.5) is 18.0 Å². The molecule has 2 aromatic carbocycles. The highest BCUT2D eigenvalue weighted by molar-refractivity contribution is 5.88. The number of carboxylic acid groups (broad SMARTS) is 1. The number of halogens is 3. The Morgan fingerprint density at radius 3 is 2.15 bits per heavy atom. The van der Waals surface area contributed by atoms with Crippen LogP contribution in [0.15, 0.2) is 48.5 Å². The molecule has 1 atom stereocenters. The maximum absolute atomic E-state index is 13.1. The monoisotopic (exact) mass is 474 g/mol. The first-order valence-electron chi connectivity index (χ1n) is 10.2. The van der Waals surface area contributed by atoms with E-state index in [-0.39, 0.29) is 12.5 Å².